The second kappa shape index (κ2) is 6.88. The second-order valence-corrected chi connectivity index (χ2v) is 7.02. The number of hydrogen-bond acceptors (Lipinski definition) is 3. The third kappa shape index (κ3) is 4.70. The molecular formula is C13H22BrNOS. The Morgan fingerprint density at radius 2 is 2.12 bits per heavy atom. The highest BCUT2D eigenvalue weighted by molar-refractivity contribution is 9.10. The number of thiophene rings is 1. The van der Waals surface area contributed by atoms with E-state index in [1.165, 1.54) is 14.2 Å². The van der Waals surface area contributed by atoms with E-state index in [-0.39, 0.29) is 5.41 Å². The summed E-state index contributed by atoms with van der Waals surface area (Å²) in [7, 11) is 1.73. The highest BCUT2D eigenvalue weighted by atomic mass is 79.9. The molecular weight excluding hydrogens is 298 g/mol. The van der Waals surface area contributed by atoms with E-state index in [1.807, 2.05) is 11.3 Å². The molecule has 17 heavy (non-hydrogen) atoms. The Kier molecular flexibility index (Phi) is 6.13. The molecule has 1 aromatic rings. The summed E-state index contributed by atoms with van der Waals surface area (Å²) in [6.45, 7) is 9.51. The molecule has 0 aliphatic carbocycles. The lowest BCUT2D eigenvalue weighted by Gasteiger charge is -2.24. The summed E-state index contributed by atoms with van der Waals surface area (Å²) in [4.78, 5) is 2.82. The maximum Gasteiger partial charge on any atom is 0.0587 e. The molecule has 4 heteroatoms. The summed E-state index contributed by atoms with van der Waals surface area (Å²) in [6.07, 6.45) is 1.13. The molecule has 98 valence electrons. The molecule has 0 amide bonds. The largest absolute Gasteiger partial charge is 0.383 e. The first-order valence-corrected chi connectivity index (χ1v) is 7.54. The van der Waals surface area contributed by atoms with Crippen molar-refractivity contribution in [2.24, 2.45) is 0 Å². The number of halogens is 1. The van der Waals surface area contributed by atoms with E-state index in [0.29, 0.717) is 0 Å². The van der Waals surface area contributed by atoms with Crippen molar-refractivity contribution in [3.05, 3.63) is 20.3 Å². The van der Waals surface area contributed by atoms with Gasteiger partial charge in [0.25, 0.3) is 0 Å². The lowest BCUT2D eigenvalue weighted by atomic mass is 9.87. The molecule has 0 aromatic carbocycles. The molecule has 2 nitrogen and oxygen atoms in total. The van der Waals surface area contributed by atoms with Crippen molar-refractivity contribution in [1.29, 1.82) is 0 Å². The summed E-state index contributed by atoms with van der Waals surface area (Å²) in [6, 6.07) is 2.21. The fraction of sp³-hybridized carbons (Fsp3) is 0.692. The van der Waals surface area contributed by atoms with E-state index in [9.17, 15) is 0 Å². The van der Waals surface area contributed by atoms with Gasteiger partial charge in [-0.15, -0.1) is 11.3 Å². The number of hydrogen-bond donors (Lipinski definition) is 1. The van der Waals surface area contributed by atoms with Crippen molar-refractivity contribution in [3.63, 3.8) is 0 Å². The lowest BCUT2D eigenvalue weighted by Crippen LogP contribution is -2.27. The van der Waals surface area contributed by atoms with Gasteiger partial charge in [0.2, 0.25) is 0 Å². The van der Waals surface area contributed by atoms with Crippen LogP contribution in [-0.4, -0.2) is 26.8 Å². The van der Waals surface area contributed by atoms with Crippen LogP contribution in [0.4, 0.5) is 0 Å². The van der Waals surface area contributed by atoms with Crippen molar-refractivity contribution in [1.82, 2.24) is 5.32 Å². The van der Waals surface area contributed by atoms with Gasteiger partial charge >= 0.3 is 0 Å². The van der Waals surface area contributed by atoms with Crippen LogP contribution in [0.25, 0.3) is 0 Å². The predicted octanol–water partition coefficient (Wildman–Crippen LogP) is 3.72. The summed E-state index contributed by atoms with van der Waals surface area (Å²) >= 11 is 5.55. The average Bonchev–Trinajstić information content (AvgIpc) is 2.58. The normalized spacial score (nSPS) is 12.1. The van der Waals surface area contributed by atoms with Gasteiger partial charge in [0.05, 0.1) is 6.61 Å². The molecule has 0 bridgehead atoms. The van der Waals surface area contributed by atoms with E-state index in [1.54, 1.807) is 7.11 Å². The highest BCUT2D eigenvalue weighted by Crippen LogP contribution is 2.38. The van der Waals surface area contributed by atoms with Crippen molar-refractivity contribution in [3.8, 4) is 0 Å². The fourth-order valence-electron chi connectivity index (χ4n) is 1.76. The van der Waals surface area contributed by atoms with Gasteiger partial charge in [0.15, 0.2) is 0 Å². The number of ether oxygens (including phenoxy) is 1. The lowest BCUT2D eigenvalue weighted by molar-refractivity contribution is 0.198. The van der Waals surface area contributed by atoms with Crippen molar-refractivity contribution in [2.45, 2.75) is 32.6 Å². The average molecular weight is 320 g/mol. The molecule has 0 aliphatic rings. The summed E-state index contributed by atoms with van der Waals surface area (Å²) in [5.74, 6) is 0. The fourth-order valence-corrected chi connectivity index (χ4v) is 4.07. The molecule has 0 saturated heterocycles. The van der Waals surface area contributed by atoms with E-state index in [4.69, 9.17) is 4.74 Å². The monoisotopic (exact) mass is 319 g/mol. The maximum absolute atomic E-state index is 5.01. The Morgan fingerprint density at radius 1 is 1.41 bits per heavy atom. The van der Waals surface area contributed by atoms with Gasteiger partial charge in [0, 0.05) is 33.3 Å². The van der Waals surface area contributed by atoms with Gasteiger partial charge in [-0.05, 0) is 41.9 Å². The quantitative estimate of drug-likeness (QED) is 0.773. The first-order valence-electron chi connectivity index (χ1n) is 5.93. The molecule has 0 saturated carbocycles. The Morgan fingerprint density at radius 3 is 2.65 bits per heavy atom. The van der Waals surface area contributed by atoms with Gasteiger partial charge in [-0.3, -0.25) is 0 Å². The van der Waals surface area contributed by atoms with Crippen LogP contribution in [-0.2, 0) is 10.2 Å². The Balaban J connectivity index is 2.48. The second-order valence-electron chi connectivity index (χ2n) is 4.91. The van der Waals surface area contributed by atoms with E-state index in [0.717, 1.165) is 26.1 Å². The van der Waals surface area contributed by atoms with Gasteiger partial charge in [0.1, 0.15) is 0 Å². The Labute approximate surface area is 117 Å². The topological polar surface area (TPSA) is 21.3 Å². The van der Waals surface area contributed by atoms with Crippen LogP contribution in [0, 0.1) is 6.92 Å². The Hall–Kier alpha value is 0.100. The summed E-state index contributed by atoms with van der Waals surface area (Å²) in [5, 5.41) is 3.40. The van der Waals surface area contributed by atoms with Crippen LogP contribution in [0.15, 0.2) is 10.5 Å². The van der Waals surface area contributed by atoms with E-state index < -0.39 is 0 Å². The van der Waals surface area contributed by atoms with Crippen molar-refractivity contribution >= 4 is 27.3 Å². The Bertz CT molecular complexity index is 349. The predicted molar refractivity (Wildman–Crippen MR) is 79.1 cm³/mol. The molecule has 1 aromatic heterocycles. The molecule has 0 spiro atoms. The highest BCUT2D eigenvalue weighted by Gasteiger charge is 2.24. The van der Waals surface area contributed by atoms with Crippen molar-refractivity contribution < 1.29 is 4.74 Å². The van der Waals surface area contributed by atoms with E-state index >= 15 is 0 Å². The van der Waals surface area contributed by atoms with Crippen LogP contribution in [0.1, 0.15) is 30.0 Å². The summed E-state index contributed by atoms with van der Waals surface area (Å²) < 4.78 is 6.26. The number of nitrogens with one attached hydrogen (secondary N) is 1. The molecule has 0 atom stereocenters. The summed E-state index contributed by atoms with van der Waals surface area (Å²) in [5.41, 5.74) is 0.220. The van der Waals surface area contributed by atoms with Gasteiger partial charge in [-0.2, -0.15) is 0 Å². The first-order chi connectivity index (χ1) is 7.97. The van der Waals surface area contributed by atoms with Crippen LogP contribution >= 0.6 is 27.3 Å². The SMILES string of the molecule is COCCNCCC(C)(C)c1sc(C)cc1Br. The van der Waals surface area contributed by atoms with Gasteiger partial charge in [-0.1, -0.05) is 13.8 Å². The molecule has 1 N–H and O–H groups in total. The molecule has 1 heterocycles. The standard InChI is InChI=1S/C13H22BrNOS/c1-10-9-11(14)12(17-10)13(2,3)5-6-15-7-8-16-4/h9,15H,5-8H2,1-4H3. The molecule has 0 unspecified atom stereocenters. The van der Waals surface area contributed by atoms with Gasteiger partial charge in [-0.25, -0.2) is 0 Å². The molecule has 0 radical (unpaired) electrons. The minimum absolute atomic E-state index is 0.220. The van der Waals surface area contributed by atoms with Crippen LogP contribution < -0.4 is 5.32 Å². The third-order valence-electron chi connectivity index (χ3n) is 2.83. The van der Waals surface area contributed by atoms with Crippen LogP contribution in [0.5, 0.6) is 0 Å². The number of rotatable bonds is 7. The molecule has 0 fully saturated rings. The smallest absolute Gasteiger partial charge is 0.0587 e. The minimum atomic E-state index is 0.220. The van der Waals surface area contributed by atoms with Crippen LogP contribution in [0.2, 0.25) is 0 Å². The molecule has 1 rings (SSSR count). The zero-order chi connectivity index (χ0) is 12.9. The van der Waals surface area contributed by atoms with Crippen LogP contribution in [0.3, 0.4) is 0 Å². The van der Waals surface area contributed by atoms with E-state index in [2.05, 4.69) is 48.1 Å². The zero-order valence-corrected chi connectivity index (χ0v) is 13.5. The number of aryl methyl sites for hydroxylation is 1. The first kappa shape index (κ1) is 15.2. The zero-order valence-electron chi connectivity index (χ0n) is 11.1. The van der Waals surface area contributed by atoms with Gasteiger partial charge < -0.3 is 10.1 Å². The van der Waals surface area contributed by atoms with Crippen molar-refractivity contribution in [2.75, 3.05) is 26.8 Å². The number of methoxy groups -OCH3 is 1. The third-order valence-corrected chi connectivity index (χ3v) is 5.14. The maximum atomic E-state index is 5.01. The minimum Gasteiger partial charge on any atom is -0.383 e. The molecule has 0 aliphatic heterocycles.